The Balaban J connectivity index is 1.67. The Bertz CT molecular complexity index is 952. The number of carbonyl (C=O) groups is 2. The Morgan fingerprint density at radius 1 is 1.20 bits per heavy atom. The van der Waals surface area contributed by atoms with E-state index in [4.69, 9.17) is 16.0 Å². The number of anilines is 1. The van der Waals surface area contributed by atoms with E-state index in [1.165, 1.54) is 0 Å². The summed E-state index contributed by atoms with van der Waals surface area (Å²) in [6.45, 7) is 3.35. The van der Waals surface area contributed by atoms with Gasteiger partial charge < -0.3 is 15.1 Å². The molecule has 0 aliphatic rings. The monoisotopic (exact) mass is 357 g/mol. The molecular formula is C18H16ClN3O3. The van der Waals surface area contributed by atoms with E-state index < -0.39 is 11.9 Å². The minimum Gasteiger partial charge on any atom is -0.441 e. The standard InChI is InChI=1S/C18H16ClN3O3/c1-10(20-18(24)13-5-3-4-6-14(13)19)17(23)22-12-7-8-16-15(9-12)21-11(2)25-16/h3-10H,1-2H3,(H,20,24)(H,22,23)/t10-/m0/s1. The predicted octanol–water partition coefficient (Wildman–Crippen LogP) is 3.55. The first-order chi connectivity index (χ1) is 11.9. The van der Waals surface area contributed by atoms with Gasteiger partial charge >= 0.3 is 0 Å². The first-order valence-corrected chi connectivity index (χ1v) is 8.05. The molecule has 0 radical (unpaired) electrons. The molecule has 128 valence electrons. The van der Waals surface area contributed by atoms with Crippen molar-refractivity contribution in [1.29, 1.82) is 0 Å². The third kappa shape index (κ3) is 3.80. The fourth-order valence-corrected chi connectivity index (χ4v) is 2.58. The number of aromatic nitrogens is 1. The first kappa shape index (κ1) is 17.0. The molecule has 3 rings (SSSR count). The lowest BCUT2D eigenvalue weighted by Gasteiger charge is -2.14. The number of nitrogens with one attached hydrogen (secondary N) is 2. The highest BCUT2D eigenvalue weighted by Gasteiger charge is 2.18. The van der Waals surface area contributed by atoms with Gasteiger partial charge in [0, 0.05) is 12.6 Å². The van der Waals surface area contributed by atoms with Crippen molar-refractivity contribution in [2.75, 3.05) is 5.32 Å². The number of carbonyl (C=O) groups excluding carboxylic acids is 2. The topological polar surface area (TPSA) is 84.2 Å². The lowest BCUT2D eigenvalue weighted by atomic mass is 10.2. The average molecular weight is 358 g/mol. The number of hydrogen-bond acceptors (Lipinski definition) is 4. The molecule has 1 heterocycles. The maximum Gasteiger partial charge on any atom is 0.253 e. The summed E-state index contributed by atoms with van der Waals surface area (Å²) in [5.41, 5.74) is 2.20. The van der Waals surface area contributed by atoms with Crippen molar-refractivity contribution < 1.29 is 14.0 Å². The number of oxazole rings is 1. The zero-order valence-corrected chi connectivity index (χ0v) is 14.4. The van der Waals surface area contributed by atoms with E-state index in [2.05, 4.69) is 15.6 Å². The summed E-state index contributed by atoms with van der Waals surface area (Å²) in [5, 5.41) is 5.71. The highest BCUT2D eigenvalue weighted by molar-refractivity contribution is 6.33. The van der Waals surface area contributed by atoms with Crippen LogP contribution >= 0.6 is 11.6 Å². The van der Waals surface area contributed by atoms with Gasteiger partial charge in [-0.05, 0) is 37.3 Å². The number of halogens is 1. The molecule has 3 aromatic rings. The lowest BCUT2D eigenvalue weighted by Crippen LogP contribution is -2.41. The van der Waals surface area contributed by atoms with Gasteiger partial charge in [-0.3, -0.25) is 9.59 Å². The van der Waals surface area contributed by atoms with Gasteiger partial charge in [-0.1, -0.05) is 23.7 Å². The molecule has 0 saturated carbocycles. The van der Waals surface area contributed by atoms with Crippen molar-refractivity contribution in [3.05, 3.63) is 58.9 Å². The first-order valence-electron chi connectivity index (χ1n) is 7.67. The van der Waals surface area contributed by atoms with Crippen molar-refractivity contribution >= 4 is 40.2 Å². The largest absolute Gasteiger partial charge is 0.441 e. The molecule has 0 aliphatic heterocycles. The van der Waals surface area contributed by atoms with Crippen LogP contribution in [0, 0.1) is 6.92 Å². The summed E-state index contributed by atoms with van der Waals surface area (Å²) in [5.74, 6) is -0.199. The molecule has 0 fully saturated rings. The van der Waals surface area contributed by atoms with Crippen molar-refractivity contribution in [3.8, 4) is 0 Å². The molecule has 2 aromatic carbocycles. The highest BCUT2D eigenvalue weighted by Crippen LogP contribution is 2.20. The summed E-state index contributed by atoms with van der Waals surface area (Å²) in [7, 11) is 0. The predicted molar refractivity (Wildman–Crippen MR) is 95.8 cm³/mol. The second kappa shape index (κ2) is 6.94. The van der Waals surface area contributed by atoms with Crippen LogP contribution in [0.15, 0.2) is 46.9 Å². The third-order valence-electron chi connectivity index (χ3n) is 3.62. The van der Waals surface area contributed by atoms with Gasteiger partial charge in [0.15, 0.2) is 11.5 Å². The fourth-order valence-electron chi connectivity index (χ4n) is 2.36. The molecule has 0 aliphatic carbocycles. The molecule has 7 heteroatoms. The Labute approximate surface area is 149 Å². The lowest BCUT2D eigenvalue weighted by molar-refractivity contribution is -0.117. The van der Waals surface area contributed by atoms with E-state index in [9.17, 15) is 9.59 Å². The molecule has 1 atom stereocenters. The minimum atomic E-state index is -0.737. The molecule has 25 heavy (non-hydrogen) atoms. The number of benzene rings is 2. The molecule has 2 amide bonds. The second-order valence-corrected chi connectivity index (χ2v) is 5.99. The van der Waals surface area contributed by atoms with E-state index in [1.807, 2.05) is 0 Å². The number of nitrogens with zero attached hydrogens (tertiary/aromatic N) is 1. The summed E-state index contributed by atoms with van der Waals surface area (Å²) in [6.07, 6.45) is 0. The highest BCUT2D eigenvalue weighted by atomic mass is 35.5. The number of amides is 2. The zero-order chi connectivity index (χ0) is 18.0. The van der Waals surface area contributed by atoms with E-state index in [0.717, 1.165) is 0 Å². The van der Waals surface area contributed by atoms with E-state index in [-0.39, 0.29) is 5.91 Å². The van der Waals surface area contributed by atoms with E-state index in [0.29, 0.717) is 33.3 Å². The Morgan fingerprint density at radius 3 is 2.72 bits per heavy atom. The average Bonchev–Trinajstić information content (AvgIpc) is 2.94. The van der Waals surface area contributed by atoms with Crippen LogP contribution in [0.1, 0.15) is 23.2 Å². The van der Waals surface area contributed by atoms with Crippen LogP contribution in [0.3, 0.4) is 0 Å². The Kier molecular flexibility index (Phi) is 4.72. The SMILES string of the molecule is Cc1nc2cc(NC(=O)[C@H](C)NC(=O)c3ccccc3Cl)ccc2o1. The zero-order valence-electron chi connectivity index (χ0n) is 13.7. The van der Waals surface area contributed by atoms with Crippen LogP contribution in [0.5, 0.6) is 0 Å². The summed E-state index contributed by atoms with van der Waals surface area (Å²) >= 11 is 5.99. The quantitative estimate of drug-likeness (QED) is 0.747. The van der Waals surface area contributed by atoms with Crippen LogP contribution in [-0.4, -0.2) is 22.8 Å². The van der Waals surface area contributed by atoms with Crippen LogP contribution in [0.25, 0.3) is 11.1 Å². The van der Waals surface area contributed by atoms with Crippen LogP contribution in [0.2, 0.25) is 5.02 Å². The van der Waals surface area contributed by atoms with Crippen LogP contribution < -0.4 is 10.6 Å². The van der Waals surface area contributed by atoms with Gasteiger partial charge in [0.2, 0.25) is 5.91 Å². The second-order valence-electron chi connectivity index (χ2n) is 5.58. The van der Waals surface area contributed by atoms with Crippen molar-refractivity contribution in [2.24, 2.45) is 0 Å². The fraction of sp³-hybridized carbons (Fsp3) is 0.167. The molecule has 0 unspecified atom stereocenters. The van der Waals surface area contributed by atoms with Crippen molar-refractivity contribution in [3.63, 3.8) is 0 Å². The van der Waals surface area contributed by atoms with Gasteiger partial charge in [-0.2, -0.15) is 0 Å². The normalized spacial score (nSPS) is 12.0. The Hall–Kier alpha value is -2.86. The molecule has 0 saturated heterocycles. The number of rotatable bonds is 4. The van der Waals surface area contributed by atoms with Crippen molar-refractivity contribution in [1.82, 2.24) is 10.3 Å². The molecule has 6 nitrogen and oxygen atoms in total. The number of fused-ring (bicyclic) bond motifs is 1. The van der Waals surface area contributed by atoms with Gasteiger partial charge in [-0.15, -0.1) is 0 Å². The van der Waals surface area contributed by atoms with Crippen molar-refractivity contribution in [2.45, 2.75) is 19.9 Å². The number of hydrogen-bond donors (Lipinski definition) is 2. The maximum absolute atomic E-state index is 12.3. The van der Waals surface area contributed by atoms with E-state index in [1.54, 1.807) is 56.3 Å². The van der Waals surface area contributed by atoms with Crippen LogP contribution in [0.4, 0.5) is 5.69 Å². The van der Waals surface area contributed by atoms with Gasteiger partial charge in [-0.25, -0.2) is 4.98 Å². The summed E-state index contributed by atoms with van der Waals surface area (Å²) in [6, 6.07) is 11.1. The molecule has 1 aromatic heterocycles. The summed E-state index contributed by atoms with van der Waals surface area (Å²) in [4.78, 5) is 28.7. The van der Waals surface area contributed by atoms with Crippen LogP contribution in [-0.2, 0) is 4.79 Å². The summed E-state index contributed by atoms with van der Waals surface area (Å²) < 4.78 is 5.39. The van der Waals surface area contributed by atoms with Gasteiger partial charge in [0.1, 0.15) is 11.6 Å². The molecule has 0 spiro atoms. The smallest absolute Gasteiger partial charge is 0.253 e. The molecular weight excluding hydrogens is 342 g/mol. The Morgan fingerprint density at radius 2 is 1.96 bits per heavy atom. The molecule has 0 bridgehead atoms. The number of aryl methyl sites for hydroxylation is 1. The third-order valence-corrected chi connectivity index (χ3v) is 3.95. The minimum absolute atomic E-state index is 0.323. The van der Waals surface area contributed by atoms with E-state index >= 15 is 0 Å². The van der Waals surface area contributed by atoms with Gasteiger partial charge in [0.05, 0.1) is 10.6 Å². The molecule has 2 N–H and O–H groups in total. The maximum atomic E-state index is 12.3. The van der Waals surface area contributed by atoms with Gasteiger partial charge in [0.25, 0.3) is 5.91 Å².